The molecule has 0 fully saturated rings. The van der Waals surface area contributed by atoms with E-state index in [-0.39, 0.29) is 6.04 Å². The molecule has 2 N–H and O–H groups in total. The zero-order chi connectivity index (χ0) is 13.1. The molecule has 0 aliphatic carbocycles. The molecule has 1 atom stereocenters. The number of methoxy groups -OCH3 is 1. The molecule has 2 rings (SSSR count). The summed E-state index contributed by atoms with van der Waals surface area (Å²) in [6.07, 6.45) is 0.512. The topological polar surface area (TPSA) is 53.1 Å². The lowest BCUT2D eigenvalue weighted by atomic mass is 10.2. The number of hydrogen-bond donors (Lipinski definition) is 1. The molecule has 0 aliphatic rings. The fourth-order valence-corrected chi connectivity index (χ4v) is 2.31. The van der Waals surface area contributed by atoms with Crippen molar-refractivity contribution in [2.45, 2.75) is 19.4 Å². The predicted octanol–water partition coefficient (Wildman–Crippen LogP) is 2.07. The number of hydrogen-bond acceptors (Lipinski definition) is 3. The number of thiocarbonyl (C=S) groups is 1. The van der Waals surface area contributed by atoms with Gasteiger partial charge in [0.25, 0.3) is 0 Å². The average molecular weight is 263 g/mol. The van der Waals surface area contributed by atoms with Crippen molar-refractivity contribution in [3.63, 3.8) is 0 Å². The Bertz CT molecular complexity index is 564. The van der Waals surface area contributed by atoms with Crippen molar-refractivity contribution in [1.82, 2.24) is 9.55 Å². The van der Waals surface area contributed by atoms with Gasteiger partial charge in [-0.3, -0.25) is 0 Å². The number of para-hydroxylation sites is 2. The maximum absolute atomic E-state index is 5.64. The smallest absolute Gasteiger partial charge is 0.117 e. The molecule has 1 unspecified atom stereocenters. The first-order chi connectivity index (χ1) is 8.63. The summed E-state index contributed by atoms with van der Waals surface area (Å²) in [6, 6.07) is 8.23. The average Bonchev–Trinajstić information content (AvgIpc) is 2.66. The van der Waals surface area contributed by atoms with Gasteiger partial charge in [0, 0.05) is 7.11 Å². The largest absolute Gasteiger partial charge is 0.393 e. The van der Waals surface area contributed by atoms with Gasteiger partial charge in [0.1, 0.15) is 5.82 Å². The van der Waals surface area contributed by atoms with Crippen molar-refractivity contribution in [2.24, 2.45) is 5.73 Å². The van der Waals surface area contributed by atoms with E-state index in [2.05, 4.69) is 22.5 Å². The van der Waals surface area contributed by atoms with E-state index in [1.54, 1.807) is 7.11 Å². The quantitative estimate of drug-likeness (QED) is 0.839. The van der Waals surface area contributed by atoms with Crippen molar-refractivity contribution in [2.75, 3.05) is 13.7 Å². The second-order valence-corrected chi connectivity index (χ2v) is 4.86. The third kappa shape index (κ3) is 2.52. The summed E-state index contributed by atoms with van der Waals surface area (Å²) in [7, 11) is 1.70. The highest BCUT2D eigenvalue weighted by Gasteiger charge is 2.15. The highest BCUT2D eigenvalue weighted by Crippen LogP contribution is 2.21. The molecule has 4 nitrogen and oxygen atoms in total. The van der Waals surface area contributed by atoms with Crippen LogP contribution in [0.25, 0.3) is 11.0 Å². The summed E-state index contributed by atoms with van der Waals surface area (Å²) >= 11 is 4.99. The van der Waals surface area contributed by atoms with E-state index in [1.807, 2.05) is 18.2 Å². The Morgan fingerprint density at radius 2 is 2.22 bits per heavy atom. The van der Waals surface area contributed by atoms with Gasteiger partial charge in [0.15, 0.2) is 0 Å². The van der Waals surface area contributed by atoms with Crippen LogP contribution in [0.5, 0.6) is 0 Å². The lowest BCUT2D eigenvalue weighted by molar-refractivity contribution is 0.163. The Balaban J connectivity index is 2.53. The molecule has 18 heavy (non-hydrogen) atoms. The van der Waals surface area contributed by atoms with E-state index < -0.39 is 0 Å². The van der Waals surface area contributed by atoms with Crippen molar-refractivity contribution in [1.29, 1.82) is 0 Å². The molecule has 0 bridgehead atoms. The molecule has 0 amide bonds. The second kappa shape index (κ2) is 5.46. The number of aromatic nitrogens is 2. The number of nitrogens with two attached hydrogens (primary N) is 1. The Morgan fingerprint density at radius 1 is 1.50 bits per heavy atom. The highest BCUT2D eigenvalue weighted by atomic mass is 32.1. The molecule has 96 valence electrons. The lowest BCUT2D eigenvalue weighted by Gasteiger charge is -2.16. The minimum Gasteiger partial charge on any atom is -0.393 e. The second-order valence-electron chi connectivity index (χ2n) is 4.33. The highest BCUT2D eigenvalue weighted by molar-refractivity contribution is 7.80. The molecule has 1 heterocycles. The molecule has 0 aliphatic heterocycles. The Morgan fingerprint density at radius 3 is 2.89 bits per heavy atom. The van der Waals surface area contributed by atoms with Gasteiger partial charge in [-0.1, -0.05) is 24.4 Å². The maximum Gasteiger partial charge on any atom is 0.117 e. The minimum atomic E-state index is 0.201. The van der Waals surface area contributed by atoms with Crippen LogP contribution in [-0.2, 0) is 11.2 Å². The van der Waals surface area contributed by atoms with Gasteiger partial charge in [0.2, 0.25) is 0 Å². The van der Waals surface area contributed by atoms with E-state index in [0.29, 0.717) is 18.0 Å². The molecular formula is C13H17N3OS. The first kappa shape index (κ1) is 13.0. The van der Waals surface area contributed by atoms with Gasteiger partial charge >= 0.3 is 0 Å². The summed E-state index contributed by atoms with van der Waals surface area (Å²) in [5.41, 5.74) is 7.69. The van der Waals surface area contributed by atoms with Crippen LogP contribution in [0.15, 0.2) is 24.3 Å². The molecule has 0 radical (unpaired) electrons. The standard InChI is InChI=1S/C13H17N3OS/c1-9(8-17-2)16-11-6-4-3-5-10(11)15-13(16)7-12(14)18/h3-6,9H,7-8H2,1-2H3,(H2,14,18). The van der Waals surface area contributed by atoms with E-state index in [9.17, 15) is 0 Å². The molecular weight excluding hydrogens is 246 g/mol. The van der Waals surface area contributed by atoms with Crippen LogP contribution in [0, 0.1) is 0 Å². The van der Waals surface area contributed by atoms with Crippen LogP contribution in [-0.4, -0.2) is 28.3 Å². The monoisotopic (exact) mass is 263 g/mol. The zero-order valence-electron chi connectivity index (χ0n) is 10.6. The van der Waals surface area contributed by atoms with Crippen molar-refractivity contribution in [3.05, 3.63) is 30.1 Å². The van der Waals surface area contributed by atoms with Gasteiger partial charge in [-0.05, 0) is 19.1 Å². The fourth-order valence-electron chi connectivity index (χ4n) is 2.18. The Hall–Kier alpha value is -1.46. The van der Waals surface area contributed by atoms with Crippen LogP contribution >= 0.6 is 12.2 Å². The maximum atomic E-state index is 5.64. The molecule has 5 heteroatoms. The van der Waals surface area contributed by atoms with Gasteiger partial charge in [-0.25, -0.2) is 4.98 Å². The van der Waals surface area contributed by atoms with Crippen molar-refractivity contribution in [3.8, 4) is 0 Å². The lowest BCUT2D eigenvalue weighted by Crippen LogP contribution is -2.19. The molecule has 0 saturated heterocycles. The minimum absolute atomic E-state index is 0.201. The van der Waals surface area contributed by atoms with Crippen LogP contribution in [0.4, 0.5) is 0 Å². The summed E-state index contributed by atoms with van der Waals surface area (Å²) in [4.78, 5) is 5.05. The molecule has 0 spiro atoms. The Labute approximate surface area is 112 Å². The zero-order valence-corrected chi connectivity index (χ0v) is 11.4. The fraction of sp³-hybridized carbons (Fsp3) is 0.385. The SMILES string of the molecule is COCC(C)n1c(CC(N)=S)nc2ccccc21. The number of ether oxygens (including phenoxy) is 1. The van der Waals surface area contributed by atoms with Crippen LogP contribution in [0.2, 0.25) is 0 Å². The van der Waals surface area contributed by atoms with Crippen LogP contribution in [0.1, 0.15) is 18.8 Å². The summed E-state index contributed by atoms with van der Waals surface area (Å²) < 4.78 is 7.37. The number of imidazole rings is 1. The van der Waals surface area contributed by atoms with Gasteiger partial charge < -0.3 is 15.0 Å². The third-order valence-corrected chi connectivity index (χ3v) is 2.99. The predicted molar refractivity (Wildman–Crippen MR) is 76.8 cm³/mol. The Kier molecular flexibility index (Phi) is 3.93. The summed E-state index contributed by atoms with van der Waals surface area (Å²) in [5.74, 6) is 0.897. The summed E-state index contributed by atoms with van der Waals surface area (Å²) in [5, 5.41) is 0. The first-order valence-corrected chi connectivity index (χ1v) is 6.27. The number of fused-ring (bicyclic) bond motifs is 1. The van der Waals surface area contributed by atoms with Crippen LogP contribution in [0.3, 0.4) is 0 Å². The van der Waals surface area contributed by atoms with Crippen molar-refractivity contribution >= 4 is 28.2 Å². The van der Waals surface area contributed by atoms with Gasteiger partial charge in [-0.15, -0.1) is 0 Å². The molecule has 1 aromatic carbocycles. The van der Waals surface area contributed by atoms with Crippen molar-refractivity contribution < 1.29 is 4.74 Å². The number of nitrogens with zero attached hydrogens (tertiary/aromatic N) is 2. The molecule has 2 aromatic rings. The van der Waals surface area contributed by atoms with Gasteiger partial charge in [-0.2, -0.15) is 0 Å². The van der Waals surface area contributed by atoms with E-state index in [0.717, 1.165) is 16.9 Å². The molecule has 1 aromatic heterocycles. The summed E-state index contributed by atoms with van der Waals surface area (Å²) in [6.45, 7) is 2.73. The molecule has 0 saturated carbocycles. The third-order valence-electron chi connectivity index (χ3n) is 2.85. The van der Waals surface area contributed by atoms with E-state index in [4.69, 9.17) is 22.7 Å². The van der Waals surface area contributed by atoms with E-state index >= 15 is 0 Å². The number of benzene rings is 1. The first-order valence-electron chi connectivity index (χ1n) is 5.86. The van der Waals surface area contributed by atoms with Crippen LogP contribution < -0.4 is 5.73 Å². The van der Waals surface area contributed by atoms with E-state index in [1.165, 1.54) is 0 Å². The van der Waals surface area contributed by atoms with Gasteiger partial charge in [0.05, 0.1) is 35.1 Å². The normalized spacial score (nSPS) is 12.8. The number of rotatable bonds is 5.